The van der Waals surface area contributed by atoms with E-state index < -0.39 is 5.41 Å². The van der Waals surface area contributed by atoms with Crippen LogP contribution >= 0.6 is 0 Å². The Morgan fingerprint density at radius 1 is 0.287 bits per heavy atom. The van der Waals surface area contributed by atoms with Crippen LogP contribution in [0.2, 0.25) is 0 Å². The molecule has 0 saturated carbocycles. The number of hydrogen-bond donors (Lipinski definition) is 0. The highest BCUT2D eigenvalue weighted by Crippen LogP contribution is 2.64. The van der Waals surface area contributed by atoms with Gasteiger partial charge in [-0.15, -0.1) is 0 Å². The fraction of sp³-hybridized carbons (Fsp3) is 0.191. The molecule has 456 valence electrons. The van der Waals surface area contributed by atoms with Gasteiger partial charge in [0.05, 0.1) is 38.9 Å². The Hall–Kier alpha value is -10.1. The summed E-state index contributed by atoms with van der Waals surface area (Å²) in [6, 6.07) is 96.9. The number of rotatable bonds is 4. The number of nitrogens with zero attached hydrogens (tertiary/aromatic N) is 4. The smallest absolute Gasteiger partial charge is 0.252 e. The molecule has 18 rings (SSSR count). The minimum atomic E-state index is -0.581. The summed E-state index contributed by atoms with van der Waals surface area (Å²) in [5, 5.41) is 4.86. The van der Waals surface area contributed by atoms with E-state index in [9.17, 15) is 0 Å². The molecule has 12 aromatic carbocycles. The molecule has 0 unspecified atom stereocenters. The summed E-state index contributed by atoms with van der Waals surface area (Å²) in [6.07, 6.45) is 0. The molecule has 4 aliphatic rings. The van der Waals surface area contributed by atoms with E-state index in [4.69, 9.17) is 0 Å². The van der Waals surface area contributed by atoms with Crippen molar-refractivity contribution in [2.75, 3.05) is 9.80 Å². The van der Waals surface area contributed by atoms with Crippen LogP contribution in [-0.2, 0) is 27.1 Å². The lowest BCUT2D eigenvalue weighted by Gasteiger charge is -2.45. The first-order valence-corrected chi connectivity index (χ1v) is 33.9. The molecule has 4 nitrogen and oxygen atoms in total. The zero-order chi connectivity index (χ0) is 64.3. The Morgan fingerprint density at radius 2 is 0.670 bits per heavy atom. The highest BCUT2D eigenvalue weighted by molar-refractivity contribution is 7.00. The zero-order valence-corrected chi connectivity index (χ0v) is 56.0. The Kier molecular flexibility index (Phi) is 11.7. The van der Waals surface area contributed by atoms with Crippen molar-refractivity contribution in [2.24, 2.45) is 0 Å². The topological polar surface area (TPSA) is 16.3 Å². The summed E-state index contributed by atoms with van der Waals surface area (Å²) >= 11 is 0. The van der Waals surface area contributed by atoms with Crippen LogP contribution in [0.5, 0.6) is 0 Å². The van der Waals surface area contributed by atoms with Gasteiger partial charge in [0.25, 0.3) is 6.71 Å². The number of aromatic nitrogens is 2. The van der Waals surface area contributed by atoms with Gasteiger partial charge in [0, 0.05) is 61.2 Å². The minimum Gasteiger partial charge on any atom is -0.311 e. The SMILES string of the molecule is CC(C)(C)c1ccc(N2c3ccc(C(C)(C)C)cc3B3c4cc(C(C)(C)C)ccc4N(c4ccc(C(C)(C)C)cc4)c4cc(-n5c6ccccc6c6ccc7c8ccccc8n(-c8cccc9c8C8(c%10ccccc%10-c%10ccccc%108)c8ccccc8-9)c7c65)cc2c43)cc1. The minimum absolute atomic E-state index is 0.0254. The maximum absolute atomic E-state index is 2.68. The fourth-order valence-corrected chi connectivity index (χ4v) is 17.2. The lowest BCUT2D eigenvalue weighted by molar-refractivity contribution is 0.590. The third-order valence-corrected chi connectivity index (χ3v) is 21.7. The van der Waals surface area contributed by atoms with Crippen LogP contribution in [0.4, 0.5) is 34.1 Å². The van der Waals surface area contributed by atoms with Crippen LogP contribution in [0, 0.1) is 0 Å². The molecule has 0 N–H and O–H groups in total. The first kappa shape index (κ1) is 56.6. The molecule has 0 saturated heterocycles. The molecule has 2 aliphatic heterocycles. The van der Waals surface area contributed by atoms with E-state index in [1.54, 1.807) is 0 Å². The van der Waals surface area contributed by atoms with E-state index in [0.29, 0.717) is 0 Å². The van der Waals surface area contributed by atoms with E-state index in [2.05, 4.69) is 351 Å². The van der Waals surface area contributed by atoms with Gasteiger partial charge in [0.1, 0.15) is 0 Å². The molecule has 0 fully saturated rings. The highest BCUT2D eigenvalue weighted by Gasteiger charge is 2.53. The van der Waals surface area contributed by atoms with Gasteiger partial charge in [0.15, 0.2) is 0 Å². The van der Waals surface area contributed by atoms with Crippen molar-refractivity contribution < 1.29 is 0 Å². The highest BCUT2D eigenvalue weighted by atomic mass is 15.2. The average Bonchev–Trinajstić information content (AvgIpc) is 1.45. The summed E-state index contributed by atoms with van der Waals surface area (Å²) in [6.45, 7) is 28.0. The van der Waals surface area contributed by atoms with Crippen LogP contribution < -0.4 is 26.2 Å². The molecule has 2 aliphatic carbocycles. The van der Waals surface area contributed by atoms with Crippen LogP contribution in [0.3, 0.4) is 0 Å². The van der Waals surface area contributed by atoms with Crippen molar-refractivity contribution in [3.63, 3.8) is 0 Å². The summed E-state index contributed by atoms with van der Waals surface area (Å²) in [5.41, 5.74) is 32.9. The van der Waals surface area contributed by atoms with Crippen molar-refractivity contribution in [1.82, 2.24) is 9.13 Å². The van der Waals surface area contributed by atoms with Gasteiger partial charge >= 0.3 is 0 Å². The standard InChI is InChI=1S/C89H77BN4/c1-85(2,3)54-36-42-58(43-37-54)91-76-48-40-56(87(7,8)9)50-72(76)90-73-51-57(88(10,11)12)41-49-77(73)92(59-44-38-55(39-45-59)86(4,5)6)80-53-60(52-79(91)82(80)90)93-74-33-21-16-27-64(74)67-46-47-68-65-28-17-22-34-75(65)94(84(68)83(67)93)78-35-23-29-66-63-26-15-20-32-71(63)89(81(66)78)69-30-18-13-24-61(69)62-25-14-19-31-70(62)89/h13-53H,1-12H3. The first-order chi connectivity index (χ1) is 45.2. The fourth-order valence-electron chi connectivity index (χ4n) is 17.2. The summed E-state index contributed by atoms with van der Waals surface area (Å²) in [7, 11) is 0. The maximum Gasteiger partial charge on any atom is 0.252 e. The van der Waals surface area contributed by atoms with Crippen LogP contribution in [-0.4, -0.2) is 15.8 Å². The molecule has 0 amide bonds. The van der Waals surface area contributed by atoms with E-state index >= 15 is 0 Å². The van der Waals surface area contributed by atoms with E-state index in [-0.39, 0.29) is 28.4 Å². The monoisotopic (exact) mass is 1210 g/mol. The third-order valence-electron chi connectivity index (χ3n) is 21.7. The Bertz CT molecular complexity index is 5340. The molecule has 0 radical (unpaired) electrons. The third kappa shape index (κ3) is 7.82. The maximum atomic E-state index is 2.68. The molecular formula is C89H77BN4. The number of benzene rings is 12. The largest absolute Gasteiger partial charge is 0.311 e. The number of para-hydroxylation sites is 2. The first-order valence-electron chi connectivity index (χ1n) is 33.9. The van der Waals surface area contributed by atoms with Gasteiger partial charge in [0.2, 0.25) is 0 Å². The molecule has 94 heavy (non-hydrogen) atoms. The summed E-state index contributed by atoms with van der Waals surface area (Å²) in [5.74, 6) is 0. The normalized spacial score (nSPS) is 14.4. The van der Waals surface area contributed by atoms with Crippen molar-refractivity contribution in [3.8, 4) is 33.6 Å². The number of anilines is 6. The average molecular weight is 1210 g/mol. The van der Waals surface area contributed by atoms with Crippen LogP contribution in [0.15, 0.2) is 249 Å². The zero-order valence-electron chi connectivity index (χ0n) is 56.0. The molecule has 14 aromatic rings. The van der Waals surface area contributed by atoms with E-state index in [1.165, 1.54) is 150 Å². The predicted molar refractivity (Wildman–Crippen MR) is 400 cm³/mol. The van der Waals surface area contributed by atoms with Crippen molar-refractivity contribution >= 4 is 101 Å². The van der Waals surface area contributed by atoms with Gasteiger partial charge < -0.3 is 18.9 Å². The molecule has 1 spiro atoms. The molecular weight excluding hydrogens is 1140 g/mol. The van der Waals surface area contributed by atoms with Crippen molar-refractivity contribution in [3.05, 3.63) is 293 Å². The molecule has 2 aromatic heterocycles. The Morgan fingerprint density at radius 3 is 1.13 bits per heavy atom. The van der Waals surface area contributed by atoms with E-state index in [1.807, 2.05) is 0 Å². The quantitative estimate of drug-likeness (QED) is 0.163. The molecule has 0 atom stereocenters. The second-order valence-corrected chi connectivity index (χ2v) is 31.3. The van der Waals surface area contributed by atoms with Gasteiger partial charge in [-0.25, -0.2) is 0 Å². The molecule has 0 bridgehead atoms. The van der Waals surface area contributed by atoms with Gasteiger partial charge in [-0.05, 0) is 166 Å². The lowest BCUT2D eigenvalue weighted by Crippen LogP contribution is -2.61. The van der Waals surface area contributed by atoms with Gasteiger partial charge in [-0.3, -0.25) is 0 Å². The van der Waals surface area contributed by atoms with Crippen LogP contribution in [0.1, 0.15) is 128 Å². The number of fused-ring (bicyclic) bond motifs is 21. The Labute approximate surface area is 553 Å². The lowest BCUT2D eigenvalue weighted by atomic mass is 9.33. The van der Waals surface area contributed by atoms with Crippen molar-refractivity contribution in [2.45, 2.75) is 110 Å². The van der Waals surface area contributed by atoms with E-state index in [0.717, 1.165) is 22.6 Å². The molecule has 5 heteroatoms. The van der Waals surface area contributed by atoms with Gasteiger partial charge in [-0.2, -0.15) is 0 Å². The predicted octanol–water partition coefficient (Wildman–Crippen LogP) is 21.5. The molecule has 4 heterocycles. The second kappa shape index (κ2) is 19.5. The summed E-state index contributed by atoms with van der Waals surface area (Å²) in [4.78, 5) is 5.24. The van der Waals surface area contributed by atoms with Gasteiger partial charge in [-0.1, -0.05) is 265 Å². The number of hydrogen-bond acceptors (Lipinski definition) is 2. The van der Waals surface area contributed by atoms with Crippen molar-refractivity contribution in [1.29, 1.82) is 0 Å². The van der Waals surface area contributed by atoms with Crippen LogP contribution in [0.25, 0.3) is 77.2 Å². The Balaban J connectivity index is 0.997. The second-order valence-electron chi connectivity index (χ2n) is 31.3. The summed E-state index contributed by atoms with van der Waals surface area (Å²) < 4.78 is 5.33.